The van der Waals surface area contributed by atoms with E-state index in [4.69, 9.17) is 0 Å². The molecule has 0 aliphatic carbocycles. The van der Waals surface area contributed by atoms with Crippen LogP contribution in [0.25, 0.3) is 0 Å². The molecule has 0 rings (SSSR count). The second-order valence-electron chi connectivity index (χ2n) is 1.09. The van der Waals surface area contributed by atoms with E-state index in [1.54, 1.807) is 0 Å². The zero-order valence-electron chi connectivity index (χ0n) is 4.12. The molecular formula is C4H10KNO. The van der Waals surface area contributed by atoms with Crippen LogP contribution in [-0.4, -0.2) is 63.8 Å². The zero-order valence-corrected chi connectivity index (χ0v) is 4.12. The van der Waals surface area contributed by atoms with Crippen LogP contribution in [0.15, 0.2) is 0 Å². The quantitative estimate of drug-likeness (QED) is 0.472. The fourth-order valence-electron chi connectivity index (χ4n) is 0.249. The molecule has 0 radical (unpaired) electrons. The molecule has 0 atom stereocenters. The minimum absolute atomic E-state index is 0. The van der Waals surface area contributed by atoms with Gasteiger partial charge in [-0.3, -0.25) is 4.79 Å². The molecule has 38 valence electrons. The van der Waals surface area contributed by atoms with E-state index < -0.39 is 0 Å². The first kappa shape index (κ1) is 11.0. The summed E-state index contributed by atoms with van der Waals surface area (Å²) in [6.45, 7) is 4.13. The van der Waals surface area contributed by atoms with E-state index in [1.807, 2.05) is 6.92 Å². The van der Waals surface area contributed by atoms with Gasteiger partial charge in [0.25, 0.3) is 0 Å². The van der Waals surface area contributed by atoms with Crippen LogP contribution in [0.3, 0.4) is 0 Å². The van der Waals surface area contributed by atoms with Gasteiger partial charge in [-0.1, -0.05) is 0 Å². The van der Waals surface area contributed by atoms with Gasteiger partial charge in [0.15, 0.2) is 0 Å². The van der Waals surface area contributed by atoms with Crippen LogP contribution in [0.1, 0.15) is 13.8 Å². The van der Waals surface area contributed by atoms with Gasteiger partial charge in [-0.25, -0.2) is 0 Å². The predicted octanol–water partition coefficient (Wildman–Crippen LogP) is -0.506. The molecule has 1 amide bonds. The Bertz CT molecular complexity index is 55.7. The van der Waals surface area contributed by atoms with E-state index in [-0.39, 0.29) is 57.3 Å². The molecule has 0 spiro atoms. The van der Waals surface area contributed by atoms with Crippen molar-refractivity contribution in [3.05, 3.63) is 0 Å². The molecule has 0 bridgehead atoms. The van der Waals surface area contributed by atoms with Crippen molar-refractivity contribution in [1.82, 2.24) is 5.32 Å². The van der Waals surface area contributed by atoms with Crippen LogP contribution in [0.4, 0.5) is 0 Å². The molecule has 0 aromatic carbocycles. The summed E-state index contributed by atoms with van der Waals surface area (Å²) in [5.74, 6) is 0.0394. The Balaban J connectivity index is 0. The maximum absolute atomic E-state index is 9.93. The molecule has 7 heavy (non-hydrogen) atoms. The van der Waals surface area contributed by atoms with Gasteiger partial charge in [-0.15, -0.1) is 0 Å². The molecule has 0 aromatic rings. The number of hydrogen-bond acceptors (Lipinski definition) is 1. The molecule has 0 saturated carbocycles. The summed E-state index contributed by atoms with van der Waals surface area (Å²) in [6.07, 6.45) is 0. The van der Waals surface area contributed by atoms with Gasteiger partial charge >= 0.3 is 51.4 Å². The van der Waals surface area contributed by atoms with Crippen molar-refractivity contribution in [2.75, 3.05) is 6.54 Å². The van der Waals surface area contributed by atoms with Crippen LogP contribution in [0, 0.1) is 0 Å². The van der Waals surface area contributed by atoms with E-state index in [9.17, 15) is 4.79 Å². The Morgan fingerprint density at radius 1 is 1.71 bits per heavy atom. The topological polar surface area (TPSA) is 29.1 Å². The molecule has 0 saturated heterocycles. The van der Waals surface area contributed by atoms with Gasteiger partial charge in [0.1, 0.15) is 0 Å². The summed E-state index contributed by atoms with van der Waals surface area (Å²) in [4.78, 5) is 9.93. The van der Waals surface area contributed by atoms with Crippen molar-refractivity contribution >= 4 is 57.3 Å². The van der Waals surface area contributed by atoms with Gasteiger partial charge in [0.2, 0.25) is 5.91 Å². The van der Waals surface area contributed by atoms with Crippen molar-refractivity contribution in [2.24, 2.45) is 0 Å². The molecule has 0 aliphatic heterocycles. The number of rotatable bonds is 1. The third kappa shape index (κ3) is 11.0. The van der Waals surface area contributed by atoms with Gasteiger partial charge < -0.3 is 5.32 Å². The minimum atomic E-state index is 0. The molecule has 2 nitrogen and oxygen atoms in total. The Morgan fingerprint density at radius 2 is 2.14 bits per heavy atom. The summed E-state index contributed by atoms with van der Waals surface area (Å²) in [7, 11) is 0. The number of carbonyl (C=O) groups excluding carboxylic acids is 1. The standard InChI is InChI=1S/C4H9NO.K.H/c1-3-5-4(2)6;;/h3H2,1-2H3,(H,5,6);;. The number of nitrogens with one attached hydrogen (secondary N) is 1. The van der Waals surface area contributed by atoms with Gasteiger partial charge in [-0.2, -0.15) is 0 Å². The third-order valence-electron chi connectivity index (χ3n) is 0.426. The first-order chi connectivity index (χ1) is 2.77. The molecule has 0 aliphatic rings. The maximum atomic E-state index is 9.93. The normalized spacial score (nSPS) is 6.57. The number of hydrogen-bond donors (Lipinski definition) is 1. The average Bonchev–Trinajstić information content (AvgIpc) is 1.35. The summed E-state index contributed by atoms with van der Waals surface area (Å²) in [5, 5.41) is 2.57. The van der Waals surface area contributed by atoms with Crippen LogP contribution >= 0.6 is 0 Å². The number of carbonyl (C=O) groups is 1. The number of amides is 1. The first-order valence-electron chi connectivity index (χ1n) is 2.01. The van der Waals surface area contributed by atoms with Crippen molar-refractivity contribution in [3.63, 3.8) is 0 Å². The second kappa shape index (κ2) is 7.11. The summed E-state index contributed by atoms with van der Waals surface area (Å²) in [5.41, 5.74) is 0. The van der Waals surface area contributed by atoms with Gasteiger partial charge in [0.05, 0.1) is 0 Å². The van der Waals surface area contributed by atoms with Gasteiger partial charge in [0, 0.05) is 13.5 Å². The van der Waals surface area contributed by atoms with E-state index in [2.05, 4.69) is 5.32 Å². The summed E-state index contributed by atoms with van der Waals surface area (Å²) < 4.78 is 0. The van der Waals surface area contributed by atoms with Gasteiger partial charge in [-0.05, 0) is 6.92 Å². The van der Waals surface area contributed by atoms with E-state index >= 15 is 0 Å². The third-order valence-corrected chi connectivity index (χ3v) is 0.426. The molecular weight excluding hydrogens is 117 g/mol. The monoisotopic (exact) mass is 127 g/mol. The van der Waals surface area contributed by atoms with Crippen molar-refractivity contribution in [1.29, 1.82) is 0 Å². The van der Waals surface area contributed by atoms with Crippen LogP contribution in [0.5, 0.6) is 0 Å². The van der Waals surface area contributed by atoms with Crippen molar-refractivity contribution in [3.8, 4) is 0 Å². The summed E-state index contributed by atoms with van der Waals surface area (Å²) in [6, 6.07) is 0. The molecule has 0 fully saturated rings. The Morgan fingerprint density at radius 3 is 2.14 bits per heavy atom. The van der Waals surface area contributed by atoms with Crippen molar-refractivity contribution in [2.45, 2.75) is 13.8 Å². The van der Waals surface area contributed by atoms with E-state index in [1.165, 1.54) is 6.92 Å². The van der Waals surface area contributed by atoms with E-state index in [0.29, 0.717) is 0 Å². The Kier molecular flexibility index (Phi) is 11.1. The fraction of sp³-hybridized carbons (Fsp3) is 0.750. The Hall–Kier alpha value is 1.11. The molecule has 1 N–H and O–H groups in total. The molecule has 3 heteroatoms. The SMILES string of the molecule is CCNC(C)=O.[KH]. The van der Waals surface area contributed by atoms with E-state index in [0.717, 1.165) is 6.54 Å². The van der Waals surface area contributed by atoms with Crippen molar-refractivity contribution < 1.29 is 4.79 Å². The average molecular weight is 127 g/mol. The predicted molar refractivity (Wildman–Crippen MR) is 31.5 cm³/mol. The van der Waals surface area contributed by atoms with Crippen LogP contribution in [-0.2, 0) is 4.79 Å². The van der Waals surface area contributed by atoms with Crippen LogP contribution in [0.2, 0.25) is 0 Å². The second-order valence-corrected chi connectivity index (χ2v) is 1.09. The first-order valence-corrected chi connectivity index (χ1v) is 2.01. The fourth-order valence-corrected chi connectivity index (χ4v) is 0.249. The summed E-state index contributed by atoms with van der Waals surface area (Å²) >= 11 is 0. The van der Waals surface area contributed by atoms with Crippen LogP contribution < -0.4 is 5.32 Å². The molecule has 0 aromatic heterocycles. The Labute approximate surface area is 86.5 Å². The zero-order chi connectivity index (χ0) is 4.99. The molecule has 0 heterocycles. The molecule has 0 unspecified atom stereocenters.